The SMILES string of the molecule is Cl.c1ccc2nc(SCC3CCCCN3)cnc2c1. The van der Waals surface area contributed by atoms with E-state index in [2.05, 4.69) is 15.3 Å². The standard InChI is InChI=1S/C14H17N3S.ClH/c1-2-7-13-12(6-1)16-9-14(17-13)18-10-11-5-3-4-8-15-11;/h1-2,6-7,9,11,15H,3-5,8,10H2;1H. The number of halogens is 1. The zero-order valence-electron chi connectivity index (χ0n) is 10.7. The summed E-state index contributed by atoms with van der Waals surface area (Å²) < 4.78 is 0. The van der Waals surface area contributed by atoms with Crippen LogP contribution in [-0.4, -0.2) is 28.3 Å². The third-order valence-electron chi connectivity index (χ3n) is 3.27. The first-order valence-corrected chi connectivity index (χ1v) is 7.48. The predicted molar refractivity (Wildman–Crippen MR) is 83.2 cm³/mol. The topological polar surface area (TPSA) is 37.8 Å². The van der Waals surface area contributed by atoms with Crippen molar-refractivity contribution in [1.29, 1.82) is 0 Å². The fourth-order valence-corrected chi connectivity index (χ4v) is 3.21. The summed E-state index contributed by atoms with van der Waals surface area (Å²) in [5.74, 6) is 1.09. The van der Waals surface area contributed by atoms with E-state index in [1.807, 2.05) is 30.5 Å². The van der Waals surface area contributed by atoms with E-state index < -0.39 is 0 Å². The minimum Gasteiger partial charge on any atom is -0.313 e. The van der Waals surface area contributed by atoms with Crippen molar-refractivity contribution in [2.75, 3.05) is 12.3 Å². The van der Waals surface area contributed by atoms with Gasteiger partial charge in [-0.05, 0) is 31.5 Å². The molecule has 1 fully saturated rings. The molecule has 1 unspecified atom stereocenters. The quantitative estimate of drug-likeness (QED) is 0.882. The van der Waals surface area contributed by atoms with Crippen LogP contribution in [0, 0.1) is 0 Å². The number of para-hydroxylation sites is 2. The molecule has 1 aromatic heterocycles. The van der Waals surface area contributed by atoms with Crippen LogP contribution >= 0.6 is 24.2 Å². The number of fused-ring (bicyclic) bond motifs is 1. The second kappa shape index (κ2) is 7.08. The van der Waals surface area contributed by atoms with Gasteiger partial charge < -0.3 is 5.32 Å². The van der Waals surface area contributed by atoms with Crippen molar-refractivity contribution in [3.8, 4) is 0 Å². The molecule has 0 aliphatic carbocycles. The maximum Gasteiger partial charge on any atom is 0.115 e. The Morgan fingerprint density at radius 1 is 1.21 bits per heavy atom. The van der Waals surface area contributed by atoms with Crippen LogP contribution in [0.5, 0.6) is 0 Å². The van der Waals surface area contributed by atoms with E-state index in [1.165, 1.54) is 19.3 Å². The third kappa shape index (κ3) is 3.81. The molecule has 1 N–H and O–H groups in total. The van der Waals surface area contributed by atoms with Crippen molar-refractivity contribution >= 4 is 35.2 Å². The predicted octanol–water partition coefficient (Wildman–Crippen LogP) is 3.29. The summed E-state index contributed by atoms with van der Waals surface area (Å²) in [6, 6.07) is 8.66. The maximum atomic E-state index is 4.63. The zero-order chi connectivity index (χ0) is 12.2. The molecule has 1 aliphatic heterocycles. The van der Waals surface area contributed by atoms with Crippen molar-refractivity contribution in [1.82, 2.24) is 15.3 Å². The van der Waals surface area contributed by atoms with E-state index >= 15 is 0 Å². The number of hydrogen-bond acceptors (Lipinski definition) is 4. The molecule has 0 radical (unpaired) electrons. The first kappa shape index (κ1) is 14.6. The Morgan fingerprint density at radius 2 is 2.05 bits per heavy atom. The lowest BCUT2D eigenvalue weighted by Gasteiger charge is -2.22. The van der Waals surface area contributed by atoms with E-state index in [-0.39, 0.29) is 12.4 Å². The molecule has 1 aromatic carbocycles. The van der Waals surface area contributed by atoms with Gasteiger partial charge in [-0.3, -0.25) is 4.98 Å². The summed E-state index contributed by atoms with van der Waals surface area (Å²) >= 11 is 1.81. The number of hydrogen-bond donors (Lipinski definition) is 1. The van der Waals surface area contributed by atoms with Gasteiger partial charge in [0.1, 0.15) is 5.03 Å². The number of benzene rings is 1. The number of rotatable bonds is 3. The molecule has 3 nitrogen and oxygen atoms in total. The lowest BCUT2D eigenvalue weighted by Crippen LogP contribution is -2.35. The van der Waals surface area contributed by atoms with Gasteiger partial charge >= 0.3 is 0 Å². The monoisotopic (exact) mass is 295 g/mol. The van der Waals surface area contributed by atoms with E-state index in [9.17, 15) is 0 Å². The third-order valence-corrected chi connectivity index (χ3v) is 4.33. The van der Waals surface area contributed by atoms with E-state index in [0.29, 0.717) is 6.04 Å². The van der Waals surface area contributed by atoms with Gasteiger partial charge in [0.15, 0.2) is 0 Å². The van der Waals surface area contributed by atoms with Gasteiger partial charge in [-0.25, -0.2) is 4.98 Å². The summed E-state index contributed by atoms with van der Waals surface area (Å²) in [6.45, 7) is 1.16. The number of nitrogens with one attached hydrogen (secondary N) is 1. The van der Waals surface area contributed by atoms with E-state index in [4.69, 9.17) is 0 Å². The Kier molecular flexibility index (Phi) is 5.43. The van der Waals surface area contributed by atoms with Crippen LogP contribution < -0.4 is 5.32 Å². The first-order valence-electron chi connectivity index (χ1n) is 6.50. The van der Waals surface area contributed by atoms with Gasteiger partial charge in [0.25, 0.3) is 0 Å². The maximum absolute atomic E-state index is 4.63. The molecule has 0 amide bonds. The van der Waals surface area contributed by atoms with Crippen LogP contribution in [0.1, 0.15) is 19.3 Å². The minimum absolute atomic E-state index is 0. The van der Waals surface area contributed by atoms with Crippen molar-refractivity contribution in [3.05, 3.63) is 30.5 Å². The van der Waals surface area contributed by atoms with Crippen LogP contribution in [0.3, 0.4) is 0 Å². The van der Waals surface area contributed by atoms with Crippen molar-refractivity contribution in [3.63, 3.8) is 0 Å². The average molecular weight is 296 g/mol. The van der Waals surface area contributed by atoms with Crippen LogP contribution in [0.15, 0.2) is 35.5 Å². The number of nitrogens with zero attached hydrogens (tertiary/aromatic N) is 2. The van der Waals surface area contributed by atoms with E-state index in [0.717, 1.165) is 28.4 Å². The van der Waals surface area contributed by atoms with Gasteiger partial charge in [0.2, 0.25) is 0 Å². The number of piperidine rings is 1. The van der Waals surface area contributed by atoms with Crippen LogP contribution in [0.25, 0.3) is 11.0 Å². The van der Waals surface area contributed by atoms with Crippen molar-refractivity contribution < 1.29 is 0 Å². The molecule has 0 bridgehead atoms. The molecule has 1 atom stereocenters. The average Bonchev–Trinajstić information content (AvgIpc) is 2.46. The van der Waals surface area contributed by atoms with Crippen molar-refractivity contribution in [2.45, 2.75) is 30.3 Å². The second-order valence-corrected chi connectivity index (χ2v) is 5.70. The Balaban J connectivity index is 0.00000133. The summed E-state index contributed by atoms with van der Waals surface area (Å²) in [5, 5.41) is 4.59. The summed E-state index contributed by atoms with van der Waals surface area (Å²) in [5.41, 5.74) is 1.96. The fraction of sp³-hybridized carbons (Fsp3) is 0.429. The number of aromatic nitrogens is 2. The van der Waals surface area contributed by atoms with Gasteiger partial charge in [-0.15, -0.1) is 24.2 Å². The highest BCUT2D eigenvalue weighted by Crippen LogP contribution is 2.20. The molecule has 0 saturated carbocycles. The summed E-state index contributed by atoms with van der Waals surface area (Å²) in [7, 11) is 0. The highest BCUT2D eigenvalue weighted by molar-refractivity contribution is 7.99. The minimum atomic E-state index is 0. The second-order valence-electron chi connectivity index (χ2n) is 4.65. The molecule has 2 heterocycles. The van der Waals surface area contributed by atoms with Gasteiger partial charge in [0, 0.05) is 11.8 Å². The number of thioether (sulfide) groups is 1. The van der Waals surface area contributed by atoms with E-state index in [1.54, 1.807) is 11.8 Å². The Bertz CT molecular complexity index is 529. The lowest BCUT2D eigenvalue weighted by molar-refractivity contribution is 0.430. The van der Waals surface area contributed by atoms with Crippen LogP contribution in [0.2, 0.25) is 0 Å². The highest BCUT2D eigenvalue weighted by atomic mass is 35.5. The van der Waals surface area contributed by atoms with Crippen LogP contribution in [0.4, 0.5) is 0 Å². The highest BCUT2D eigenvalue weighted by Gasteiger charge is 2.13. The zero-order valence-corrected chi connectivity index (χ0v) is 12.3. The molecule has 19 heavy (non-hydrogen) atoms. The fourth-order valence-electron chi connectivity index (χ4n) is 2.26. The molecular weight excluding hydrogens is 278 g/mol. The summed E-state index contributed by atoms with van der Waals surface area (Å²) in [6.07, 6.45) is 5.84. The normalized spacial score (nSPS) is 19.1. The molecule has 3 rings (SSSR count). The van der Waals surface area contributed by atoms with Gasteiger partial charge in [-0.1, -0.05) is 18.6 Å². The molecular formula is C14H18ClN3S. The molecule has 5 heteroatoms. The van der Waals surface area contributed by atoms with Gasteiger partial charge in [0.05, 0.1) is 17.2 Å². The molecule has 0 spiro atoms. The first-order chi connectivity index (χ1) is 8.92. The molecule has 1 saturated heterocycles. The lowest BCUT2D eigenvalue weighted by atomic mass is 10.1. The largest absolute Gasteiger partial charge is 0.313 e. The molecule has 102 valence electrons. The molecule has 1 aliphatic rings. The Labute approximate surface area is 124 Å². The van der Waals surface area contributed by atoms with Gasteiger partial charge in [-0.2, -0.15) is 0 Å². The smallest absolute Gasteiger partial charge is 0.115 e. The van der Waals surface area contributed by atoms with Crippen LogP contribution in [-0.2, 0) is 0 Å². The summed E-state index contributed by atoms with van der Waals surface area (Å²) in [4.78, 5) is 9.07. The Hall–Kier alpha value is -0.840. The van der Waals surface area contributed by atoms with Crippen molar-refractivity contribution in [2.24, 2.45) is 0 Å². The molecule has 2 aromatic rings. The Morgan fingerprint density at radius 3 is 2.84 bits per heavy atom.